The highest BCUT2D eigenvalue weighted by Crippen LogP contribution is 2.19. The third kappa shape index (κ3) is 11.5. The number of nitrogens with zero attached hydrogens (tertiary/aromatic N) is 1. The number of carbonyl (C=O) groups is 3. The van der Waals surface area contributed by atoms with E-state index in [4.69, 9.17) is 9.47 Å². The number of amides is 3. The van der Waals surface area contributed by atoms with Crippen LogP contribution in [0.2, 0.25) is 0 Å². The summed E-state index contributed by atoms with van der Waals surface area (Å²) in [6, 6.07) is 16.9. The van der Waals surface area contributed by atoms with Crippen LogP contribution in [0.25, 0.3) is 0 Å². The Morgan fingerprint density at radius 3 is 2.33 bits per heavy atom. The average Bonchev–Trinajstić information content (AvgIpc) is 3.60. The fourth-order valence-electron chi connectivity index (χ4n) is 3.79. The van der Waals surface area contributed by atoms with Crippen LogP contribution in [0, 0.1) is 0 Å². The highest BCUT2D eigenvalue weighted by molar-refractivity contribution is 7.12. The average molecular weight is 572 g/mol. The first kappa shape index (κ1) is 30.2. The molecular weight excluding hydrogens is 534 g/mol. The van der Waals surface area contributed by atoms with E-state index >= 15 is 0 Å². The van der Waals surface area contributed by atoms with Crippen molar-refractivity contribution in [2.24, 2.45) is 0 Å². The van der Waals surface area contributed by atoms with E-state index in [1.54, 1.807) is 16.2 Å². The molecule has 0 saturated carbocycles. The molecule has 0 aliphatic carbocycles. The summed E-state index contributed by atoms with van der Waals surface area (Å²) in [6.45, 7) is 6.87. The van der Waals surface area contributed by atoms with Gasteiger partial charge in [0, 0.05) is 24.0 Å². The molecule has 0 bridgehead atoms. The number of hydrogen-bond acceptors (Lipinski definition) is 7. The highest BCUT2D eigenvalue weighted by atomic mass is 32.1. The molecule has 0 unspecified atom stereocenters. The number of unbranched alkanes of at least 4 members (excludes halogenated alkanes) is 1. The van der Waals surface area contributed by atoms with Gasteiger partial charge >= 0.3 is 12.2 Å². The van der Waals surface area contributed by atoms with Crippen molar-refractivity contribution in [1.82, 2.24) is 15.5 Å². The van der Waals surface area contributed by atoms with Gasteiger partial charge in [0.15, 0.2) is 0 Å². The Hall–Kier alpha value is -3.37. The Balaban J connectivity index is 1.55. The maximum Gasteiger partial charge on any atom is 0.407 e. The van der Waals surface area contributed by atoms with E-state index in [1.165, 1.54) is 11.3 Å². The molecule has 1 aromatic carbocycles. The number of ether oxygens (including phenoxy) is 2. The second kappa shape index (κ2) is 15.3. The van der Waals surface area contributed by atoms with Crippen molar-refractivity contribution in [1.29, 1.82) is 0 Å². The summed E-state index contributed by atoms with van der Waals surface area (Å²) in [6.07, 6.45) is 0.906. The van der Waals surface area contributed by atoms with Crippen LogP contribution in [0.5, 0.6) is 0 Å². The number of alkyl carbamates (subject to hydrolysis) is 2. The second-order valence-corrected chi connectivity index (χ2v) is 12.0. The fraction of sp³-hybridized carbons (Fsp3) is 0.414. The summed E-state index contributed by atoms with van der Waals surface area (Å²) in [7, 11) is 0. The van der Waals surface area contributed by atoms with Gasteiger partial charge in [0.05, 0.1) is 18.0 Å². The van der Waals surface area contributed by atoms with Crippen molar-refractivity contribution in [2.75, 3.05) is 13.2 Å². The van der Waals surface area contributed by atoms with E-state index in [9.17, 15) is 14.4 Å². The number of hydrogen-bond donors (Lipinski definition) is 2. The molecule has 0 aliphatic rings. The van der Waals surface area contributed by atoms with E-state index in [0.29, 0.717) is 43.8 Å². The Morgan fingerprint density at radius 1 is 0.923 bits per heavy atom. The summed E-state index contributed by atoms with van der Waals surface area (Å²) in [5, 5.41) is 9.56. The number of nitrogens with one attached hydrogen (secondary N) is 2. The molecule has 2 heterocycles. The Kier molecular flexibility index (Phi) is 11.8. The number of thiophene rings is 2. The molecule has 3 amide bonds. The Labute approximate surface area is 238 Å². The first-order valence-electron chi connectivity index (χ1n) is 13.0. The van der Waals surface area contributed by atoms with Crippen LogP contribution in [0.3, 0.4) is 0 Å². The molecule has 2 aromatic heterocycles. The van der Waals surface area contributed by atoms with Gasteiger partial charge in [-0.05, 0) is 68.5 Å². The zero-order valence-electron chi connectivity index (χ0n) is 22.7. The third-order valence-corrected chi connectivity index (χ3v) is 7.29. The molecule has 8 nitrogen and oxygen atoms in total. The Bertz CT molecular complexity index is 1150. The van der Waals surface area contributed by atoms with Crippen molar-refractivity contribution >= 4 is 40.8 Å². The maximum atomic E-state index is 13.3. The molecule has 210 valence electrons. The standard InChI is InChI=1S/C29H37N3O5S2/c1-29(2,3)37-28(35)31-23(13-7-8-16-36-27(34)30-19-22-11-5-4-6-12-22)20-32(21-24-14-9-17-38-24)26(33)25-15-10-18-39-25/h4-6,9-12,14-15,17-18,23H,7-8,13,16,19-21H2,1-3H3,(H,30,34)(H,31,35)/t23-/m0/s1. The smallest absolute Gasteiger partial charge is 0.407 e. The van der Waals surface area contributed by atoms with Gasteiger partial charge in [0.2, 0.25) is 0 Å². The molecule has 3 rings (SSSR count). The van der Waals surface area contributed by atoms with Crippen molar-refractivity contribution < 1.29 is 23.9 Å². The van der Waals surface area contributed by atoms with E-state index in [1.807, 2.05) is 86.1 Å². The number of rotatable bonds is 13. The van der Waals surface area contributed by atoms with Gasteiger partial charge in [-0.25, -0.2) is 9.59 Å². The van der Waals surface area contributed by atoms with Crippen molar-refractivity contribution in [2.45, 2.75) is 64.8 Å². The molecule has 1 atom stereocenters. The fourth-order valence-corrected chi connectivity index (χ4v) is 5.20. The summed E-state index contributed by atoms with van der Waals surface area (Å²) in [4.78, 5) is 41.5. The first-order valence-corrected chi connectivity index (χ1v) is 14.7. The second-order valence-electron chi connectivity index (χ2n) is 10.1. The lowest BCUT2D eigenvalue weighted by Gasteiger charge is -2.29. The van der Waals surface area contributed by atoms with E-state index in [0.717, 1.165) is 10.4 Å². The molecule has 0 radical (unpaired) electrons. The van der Waals surface area contributed by atoms with Crippen molar-refractivity contribution in [3.63, 3.8) is 0 Å². The van der Waals surface area contributed by atoms with Gasteiger partial charge in [0.1, 0.15) is 5.60 Å². The van der Waals surface area contributed by atoms with Gasteiger partial charge in [-0.1, -0.05) is 42.5 Å². The number of benzene rings is 1. The van der Waals surface area contributed by atoms with Crippen LogP contribution in [0.4, 0.5) is 9.59 Å². The van der Waals surface area contributed by atoms with Crippen LogP contribution in [0.1, 0.15) is 60.1 Å². The summed E-state index contributed by atoms with van der Waals surface area (Å²) < 4.78 is 10.8. The van der Waals surface area contributed by atoms with Gasteiger partial charge in [-0.2, -0.15) is 0 Å². The van der Waals surface area contributed by atoms with Crippen LogP contribution in [0.15, 0.2) is 65.4 Å². The first-order chi connectivity index (χ1) is 18.7. The van der Waals surface area contributed by atoms with Crippen LogP contribution in [-0.4, -0.2) is 47.8 Å². The zero-order valence-corrected chi connectivity index (χ0v) is 24.3. The molecule has 0 saturated heterocycles. The van der Waals surface area contributed by atoms with E-state index in [2.05, 4.69) is 10.6 Å². The van der Waals surface area contributed by atoms with Crippen molar-refractivity contribution in [3.8, 4) is 0 Å². The molecule has 3 aromatic rings. The lowest BCUT2D eigenvalue weighted by atomic mass is 10.1. The molecular formula is C29H37N3O5S2. The molecule has 0 fully saturated rings. The molecule has 39 heavy (non-hydrogen) atoms. The number of carbonyl (C=O) groups excluding carboxylic acids is 3. The van der Waals surface area contributed by atoms with Crippen molar-refractivity contribution in [3.05, 3.63) is 80.7 Å². The monoisotopic (exact) mass is 571 g/mol. The minimum Gasteiger partial charge on any atom is -0.450 e. The van der Waals surface area contributed by atoms with Gasteiger partial charge < -0.3 is 25.0 Å². The maximum absolute atomic E-state index is 13.3. The Morgan fingerprint density at radius 2 is 1.67 bits per heavy atom. The minimum absolute atomic E-state index is 0.0761. The predicted molar refractivity (Wildman–Crippen MR) is 155 cm³/mol. The largest absolute Gasteiger partial charge is 0.450 e. The SMILES string of the molecule is CC(C)(C)OC(=O)N[C@@H](CCCCOC(=O)NCc1ccccc1)CN(Cc1cccs1)C(=O)c1cccs1. The van der Waals surface area contributed by atoms with Gasteiger partial charge in [-0.15, -0.1) is 22.7 Å². The lowest BCUT2D eigenvalue weighted by molar-refractivity contribution is 0.0472. The predicted octanol–water partition coefficient (Wildman–Crippen LogP) is 6.44. The highest BCUT2D eigenvalue weighted by Gasteiger charge is 2.25. The summed E-state index contributed by atoms with van der Waals surface area (Å²) in [5.41, 5.74) is 0.355. The van der Waals surface area contributed by atoms with Crippen LogP contribution >= 0.6 is 22.7 Å². The third-order valence-electron chi connectivity index (χ3n) is 5.57. The molecule has 0 spiro atoms. The van der Waals surface area contributed by atoms with Crippen LogP contribution in [-0.2, 0) is 22.6 Å². The minimum atomic E-state index is -0.640. The lowest BCUT2D eigenvalue weighted by Crippen LogP contribution is -2.47. The molecule has 10 heteroatoms. The normalized spacial score (nSPS) is 11.9. The van der Waals surface area contributed by atoms with Gasteiger partial charge in [-0.3, -0.25) is 4.79 Å². The van der Waals surface area contributed by atoms with E-state index in [-0.39, 0.29) is 18.6 Å². The topological polar surface area (TPSA) is 97.0 Å². The zero-order chi connectivity index (χ0) is 28.1. The molecule has 0 aliphatic heterocycles. The van der Waals surface area contributed by atoms with Gasteiger partial charge in [0.25, 0.3) is 5.91 Å². The summed E-state index contributed by atoms with van der Waals surface area (Å²) in [5.74, 6) is -0.0761. The summed E-state index contributed by atoms with van der Waals surface area (Å²) >= 11 is 2.98. The molecule has 2 N–H and O–H groups in total. The van der Waals surface area contributed by atoms with Crippen LogP contribution < -0.4 is 10.6 Å². The van der Waals surface area contributed by atoms with E-state index < -0.39 is 17.8 Å². The quantitative estimate of drug-likeness (QED) is 0.230.